The minimum absolute atomic E-state index is 0.294. The van der Waals surface area contributed by atoms with E-state index in [-0.39, 0.29) is 0 Å². The number of hydrogen-bond donors (Lipinski definition) is 0. The van der Waals surface area contributed by atoms with Crippen molar-refractivity contribution in [2.75, 3.05) is 13.2 Å². The molecule has 2 aromatic carbocycles. The molecular formula is C36H40O7. The predicted octanol–water partition coefficient (Wildman–Crippen LogP) is 7.81. The van der Waals surface area contributed by atoms with E-state index in [1.54, 1.807) is 38.1 Å². The Morgan fingerprint density at radius 3 is 2.00 bits per heavy atom. The van der Waals surface area contributed by atoms with Gasteiger partial charge in [0.05, 0.1) is 18.8 Å². The van der Waals surface area contributed by atoms with Gasteiger partial charge in [-0.15, -0.1) is 0 Å². The molecule has 7 nitrogen and oxygen atoms in total. The van der Waals surface area contributed by atoms with Crippen LogP contribution in [-0.4, -0.2) is 25.2 Å². The van der Waals surface area contributed by atoms with Crippen LogP contribution in [0.15, 0.2) is 100 Å². The molecule has 0 atom stereocenters. The summed E-state index contributed by atoms with van der Waals surface area (Å²) >= 11 is 0. The fourth-order valence-electron chi connectivity index (χ4n) is 4.26. The smallest absolute Gasteiger partial charge is 0.344 e. The fraction of sp³-hybridized carbons (Fsp3) is 0.306. The third kappa shape index (κ3) is 9.70. The van der Waals surface area contributed by atoms with Gasteiger partial charge >= 0.3 is 17.6 Å². The largest absolute Gasteiger partial charge is 0.494 e. The first-order valence-electron chi connectivity index (χ1n) is 14.3. The SMILES string of the molecule is C=C(C)C(=C)OCCCCc1cc(CCCCOC(=O)C(=C)C)c2cc(-c3ccc(OC(=O)C(=C)C)cc3)c(=O)oc2c1. The average molecular weight is 585 g/mol. The molecule has 3 rings (SSSR count). The minimum Gasteiger partial charge on any atom is -0.494 e. The van der Waals surface area contributed by atoms with Crippen molar-refractivity contribution in [3.8, 4) is 16.9 Å². The summed E-state index contributed by atoms with van der Waals surface area (Å²) in [6.07, 6.45) is 4.68. The second-order valence-electron chi connectivity index (χ2n) is 10.7. The van der Waals surface area contributed by atoms with E-state index in [2.05, 4.69) is 32.4 Å². The Morgan fingerprint density at radius 1 is 0.744 bits per heavy atom. The highest BCUT2D eigenvalue weighted by atomic mass is 16.5. The maximum Gasteiger partial charge on any atom is 0.344 e. The Hall–Kier alpha value is -4.65. The minimum atomic E-state index is -0.516. The first-order chi connectivity index (χ1) is 20.5. The molecule has 226 valence electrons. The molecule has 0 N–H and O–H groups in total. The van der Waals surface area contributed by atoms with Crippen LogP contribution in [0.2, 0.25) is 0 Å². The summed E-state index contributed by atoms with van der Waals surface area (Å²) in [7, 11) is 0. The molecule has 0 aliphatic heterocycles. The summed E-state index contributed by atoms with van der Waals surface area (Å²) in [4.78, 5) is 36.6. The van der Waals surface area contributed by atoms with Crippen molar-refractivity contribution in [1.82, 2.24) is 0 Å². The van der Waals surface area contributed by atoms with E-state index in [0.717, 1.165) is 47.8 Å². The van der Waals surface area contributed by atoms with Crippen molar-refractivity contribution in [3.05, 3.63) is 113 Å². The molecule has 0 bridgehead atoms. The standard InChI is InChI=1S/C36H40O7/c1-23(2)26(7)40-18-10-8-12-27-20-29(13-9-11-19-41-34(37)24(3)4)31-22-32(36(39)43-33(31)21-27)28-14-16-30(17-15-28)42-35(38)25(5)6/h14-17,20-22H,1,3,5,7-13,18-19H2,2,4,6H3. The molecule has 43 heavy (non-hydrogen) atoms. The summed E-state index contributed by atoms with van der Waals surface area (Å²) < 4.78 is 22.0. The van der Waals surface area contributed by atoms with E-state index in [4.69, 9.17) is 18.6 Å². The van der Waals surface area contributed by atoms with E-state index in [1.807, 2.05) is 19.1 Å². The van der Waals surface area contributed by atoms with Crippen LogP contribution in [0.4, 0.5) is 0 Å². The lowest BCUT2D eigenvalue weighted by Crippen LogP contribution is -2.08. The van der Waals surface area contributed by atoms with Crippen molar-refractivity contribution in [2.45, 2.75) is 59.3 Å². The van der Waals surface area contributed by atoms with Crippen LogP contribution >= 0.6 is 0 Å². The van der Waals surface area contributed by atoms with Gasteiger partial charge in [-0.1, -0.05) is 44.5 Å². The van der Waals surface area contributed by atoms with Gasteiger partial charge in [0.1, 0.15) is 17.1 Å². The molecule has 3 aromatic rings. The quantitative estimate of drug-likeness (QED) is 0.0322. The molecule has 0 aliphatic rings. The number of unbranched alkanes of at least 4 members (excludes halogenated alkanes) is 2. The van der Waals surface area contributed by atoms with Gasteiger partial charge in [-0.05, 0) is 106 Å². The van der Waals surface area contributed by atoms with Gasteiger partial charge in [0.2, 0.25) is 0 Å². The van der Waals surface area contributed by atoms with E-state index in [9.17, 15) is 14.4 Å². The van der Waals surface area contributed by atoms with Crippen LogP contribution < -0.4 is 10.4 Å². The second kappa shape index (κ2) is 15.5. The van der Waals surface area contributed by atoms with Crippen LogP contribution in [0.5, 0.6) is 5.75 Å². The Bertz CT molecular complexity index is 1590. The number of aryl methyl sites for hydroxylation is 2. The highest BCUT2D eigenvalue weighted by Gasteiger charge is 2.14. The molecule has 0 saturated heterocycles. The molecular weight excluding hydrogens is 544 g/mol. The lowest BCUT2D eigenvalue weighted by atomic mass is 9.96. The van der Waals surface area contributed by atoms with Gasteiger partial charge < -0.3 is 18.6 Å². The van der Waals surface area contributed by atoms with Crippen molar-refractivity contribution < 1.29 is 28.2 Å². The number of carbonyl (C=O) groups excluding carboxylic acids is 2. The van der Waals surface area contributed by atoms with Crippen LogP contribution in [-0.2, 0) is 31.9 Å². The number of carbonyl (C=O) groups is 2. The topological polar surface area (TPSA) is 92.0 Å². The third-order valence-electron chi connectivity index (χ3n) is 6.76. The van der Waals surface area contributed by atoms with E-state index < -0.39 is 17.6 Å². The lowest BCUT2D eigenvalue weighted by molar-refractivity contribution is -0.139. The average Bonchev–Trinajstić information content (AvgIpc) is 2.96. The molecule has 1 heterocycles. The van der Waals surface area contributed by atoms with Gasteiger partial charge in [-0.25, -0.2) is 14.4 Å². The number of fused-ring (bicyclic) bond motifs is 1. The zero-order valence-corrected chi connectivity index (χ0v) is 25.4. The first kappa shape index (κ1) is 32.9. The molecule has 0 radical (unpaired) electrons. The van der Waals surface area contributed by atoms with Crippen LogP contribution in [0.25, 0.3) is 22.1 Å². The number of rotatable bonds is 16. The Morgan fingerprint density at radius 2 is 1.37 bits per heavy atom. The molecule has 1 aromatic heterocycles. The molecule has 0 amide bonds. The monoisotopic (exact) mass is 584 g/mol. The number of allylic oxidation sites excluding steroid dienone is 1. The van der Waals surface area contributed by atoms with Gasteiger partial charge in [0.25, 0.3) is 0 Å². The number of esters is 2. The van der Waals surface area contributed by atoms with Crippen LogP contribution in [0, 0.1) is 0 Å². The number of hydrogen-bond acceptors (Lipinski definition) is 7. The molecule has 0 fully saturated rings. The van der Waals surface area contributed by atoms with E-state index in [0.29, 0.717) is 65.4 Å². The van der Waals surface area contributed by atoms with Crippen LogP contribution in [0.1, 0.15) is 57.6 Å². The highest BCUT2D eigenvalue weighted by molar-refractivity contribution is 5.89. The molecule has 7 heteroatoms. The maximum absolute atomic E-state index is 13.1. The molecule has 0 unspecified atom stereocenters. The molecule has 0 aliphatic carbocycles. The Kier molecular flexibility index (Phi) is 11.9. The summed E-state index contributed by atoms with van der Waals surface area (Å²) in [5.41, 5.74) is 4.70. The molecule has 0 saturated carbocycles. The third-order valence-corrected chi connectivity index (χ3v) is 6.76. The zero-order valence-electron chi connectivity index (χ0n) is 25.4. The van der Waals surface area contributed by atoms with Gasteiger partial charge in [0.15, 0.2) is 0 Å². The number of benzene rings is 2. The summed E-state index contributed by atoms with van der Waals surface area (Å²) in [6, 6.07) is 12.6. The summed E-state index contributed by atoms with van der Waals surface area (Å²) in [5, 5.41) is 0.844. The van der Waals surface area contributed by atoms with Gasteiger partial charge in [-0.2, -0.15) is 0 Å². The van der Waals surface area contributed by atoms with Crippen LogP contribution in [0.3, 0.4) is 0 Å². The van der Waals surface area contributed by atoms with E-state index >= 15 is 0 Å². The summed E-state index contributed by atoms with van der Waals surface area (Å²) in [6.45, 7) is 20.8. The zero-order chi connectivity index (χ0) is 31.5. The second-order valence-corrected chi connectivity index (χ2v) is 10.7. The van der Waals surface area contributed by atoms with Crippen molar-refractivity contribution in [2.24, 2.45) is 0 Å². The first-order valence-corrected chi connectivity index (χ1v) is 14.3. The lowest BCUT2D eigenvalue weighted by Gasteiger charge is -2.12. The fourth-order valence-corrected chi connectivity index (χ4v) is 4.26. The summed E-state index contributed by atoms with van der Waals surface area (Å²) in [5.74, 6) is 0.0451. The number of ether oxygens (including phenoxy) is 3. The van der Waals surface area contributed by atoms with Crippen molar-refractivity contribution in [3.63, 3.8) is 0 Å². The van der Waals surface area contributed by atoms with Crippen molar-refractivity contribution >= 4 is 22.9 Å². The van der Waals surface area contributed by atoms with E-state index in [1.165, 1.54) is 0 Å². The normalized spacial score (nSPS) is 10.7. The molecule has 0 spiro atoms. The Labute approximate surface area is 253 Å². The Balaban J connectivity index is 1.83. The maximum atomic E-state index is 13.1. The van der Waals surface area contributed by atoms with Crippen molar-refractivity contribution in [1.29, 1.82) is 0 Å². The van der Waals surface area contributed by atoms with Gasteiger partial charge in [-0.3, -0.25) is 0 Å². The van der Waals surface area contributed by atoms with Gasteiger partial charge in [0, 0.05) is 16.5 Å². The predicted molar refractivity (Wildman–Crippen MR) is 170 cm³/mol. The highest BCUT2D eigenvalue weighted by Crippen LogP contribution is 2.28.